The third kappa shape index (κ3) is 3.90. The van der Waals surface area contributed by atoms with E-state index < -0.39 is 17.6 Å². The molecule has 1 aromatic carbocycles. The molecule has 0 aromatic heterocycles. The second kappa shape index (κ2) is 6.70. The molecule has 124 valence electrons. The fourth-order valence-electron chi connectivity index (χ4n) is 2.64. The summed E-state index contributed by atoms with van der Waals surface area (Å²) in [6.07, 6.45) is 1.09. The topological polar surface area (TPSA) is 86.7 Å². The molecule has 23 heavy (non-hydrogen) atoms. The molecule has 1 heterocycles. The van der Waals surface area contributed by atoms with Gasteiger partial charge in [0, 0.05) is 16.6 Å². The summed E-state index contributed by atoms with van der Waals surface area (Å²) >= 11 is 3.30. The van der Waals surface area contributed by atoms with Gasteiger partial charge in [-0.2, -0.15) is 0 Å². The number of amides is 2. The number of carbonyl (C=O) groups is 3. The van der Waals surface area contributed by atoms with Crippen LogP contribution in [-0.2, 0) is 9.59 Å². The Morgan fingerprint density at radius 2 is 1.87 bits per heavy atom. The molecule has 1 fully saturated rings. The highest BCUT2D eigenvalue weighted by Gasteiger charge is 2.41. The van der Waals surface area contributed by atoms with E-state index in [0.29, 0.717) is 24.9 Å². The number of halogens is 1. The van der Waals surface area contributed by atoms with E-state index in [1.165, 1.54) is 4.90 Å². The summed E-state index contributed by atoms with van der Waals surface area (Å²) in [7, 11) is 0. The maximum Gasteiger partial charge on any atom is 0.326 e. The van der Waals surface area contributed by atoms with Gasteiger partial charge in [-0.3, -0.25) is 9.59 Å². The van der Waals surface area contributed by atoms with Gasteiger partial charge in [-0.1, -0.05) is 15.9 Å². The van der Waals surface area contributed by atoms with E-state index in [1.54, 1.807) is 38.1 Å². The van der Waals surface area contributed by atoms with E-state index in [1.807, 2.05) is 0 Å². The molecular weight excluding hydrogens is 364 g/mol. The van der Waals surface area contributed by atoms with Gasteiger partial charge in [0.2, 0.25) is 5.91 Å². The first-order valence-corrected chi connectivity index (χ1v) is 8.13. The zero-order chi connectivity index (χ0) is 17.2. The number of aliphatic carboxylic acids is 1. The summed E-state index contributed by atoms with van der Waals surface area (Å²) < 4.78 is 0.853. The third-order valence-electron chi connectivity index (χ3n) is 3.87. The van der Waals surface area contributed by atoms with Gasteiger partial charge in [0.05, 0.1) is 0 Å². The van der Waals surface area contributed by atoms with Crippen molar-refractivity contribution in [3.8, 4) is 0 Å². The van der Waals surface area contributed by atoms with Crippen LogP contribution < -0.4 is 5.32 Å². The largest absolute Gasteiger partial charge is 0.480 e. The van der Waals surface area contributed by atoms with E-state index in [-0.39, 0.29) is 11.8 Å². The van der Waals surface area contributed by atoms with Crippen LogP contribution in [0, 0.1) is 0 Å². The van der Waals surface area contributed by atoms with Crippen molar-refractivity contribution in [2.24, 2.45) is 0 Å². The summed E-state index contributed by atoms with van der Waals surface area (Å²) in [5, 5.41) is 11.9. The number of nitrogens with zero attached hydrogens (tertiary/aromatic N) is 1. The summed E-state index contributed by atoms with van der Waals surface area (Å²) in [5.74, 6) is -1.76. The van der Waals surface area contributed by atoms with E-state index in [0.717, 1.165) is 4.47 Å². The standard InChI is InChI=1S/C16H19BrN2O4/c1-16(2,15(23)19-9-3-4-12(19)14(21)22)18-13(20)10-5-7-11(17)8-6-10/h5-8,12H,3-4,9H2,1-2H3,(H,18,20)(H,21,22)/t12-/m0/s1. The lowest BCUT2D eigenvalue weighted by Gasteiger charge is -2.32. The Bertz CT molecular complexity index is 627. The maximum atomic E-state index is 12.6. The normalized spacial score (nSPS) is 17.9. The predicted octanol–water partition coefficient (Wildman–Crippen LogP) is 2.03. The van der Waals surface area contributed by atoms with Crippen LogP contribution in [0.25, 0.3) is 0 Å². The van der Waals surface area contributed by atoms with Gasteiger partial charge in [0.1, 0.15) is 11.6 Å². The molecule has 0 aliphatic carbocycles. The number of nitrogens with one attached hydrogen (secondary N) is 1. The smallest absolute Gasteiger partial charge is 0.326 e. The van der Waals surface area contributed by atoms with Crippen LogP contribution in [0.2, 0.25) is 0 Å². The van der Waals surface area contributed by atoms with Crippen molar-refractivity contribution in [3.05, 3.63) is 34.3 Å². The van der Waals surface area contributed by atoms with E-state index in [2.05, 4.69) is 21.2 Å². The molecule has 0 spiro atoms. The fraction of sp³-hybridized carbons (Fsp3) is 0.438. The molecular formula is C16H19BrN2O4. The monoisotopic (exact) mass is 382 g/mol. The first-order valence-electron chi connectivity index (χ1n) is 7.34. The van der Waals surface area contributed by atoms with E-state index in [4.69, 9.17) is 0 Å². The summed E-state index contributed by atoms with van der Waals surface area (Å²) in [6.45, 7) is 3.57. The van der Waals surface area contributed by atoms with Gasteiger partial charge in [-0.05, 0) is 51.0 Å². The first-order chi connectivity index (χ1) is 10.7. The van der Waals surface area contributed by atoms with Crippen LogP contribution in [0.4, 0.5) is 0 Å². The minimum atomic E-state index is -1.18. The third-order valence-corrected chi connectivity index (χ3v) is 4.39. The maximum absolute atomic E-state index is 12.6. The number of benzene rings is 1. The first kappa shape index (κ1) is 17.5. The van der Waals surface area contributed by atoms with Crippen LogP contribution in [-0.4, -0.2) is 45.9 Å². The lowest BCUT2D eigenvalue weighted by molar-refractivity contribution is -0.150. The Kier molecular flexibility index (Phi) is 5.09. The van der Waals surface area contributed by atoms with Gasteiger partial charge >= 0.3 is 5.97 Å². The number of rotatable bonds is 4. The van der Waals surface area contributed by atoms with Crippen LogP contribution in [0.3, 0.4) is 0 Å². The summed E-state index contributed by atoms with van der Waals surface area (Å²) in [6, 6.07) is 5.97. The average Bonchev–Trinajstić information content (AvgIpc) is 2.96. The second-order valence-electron chi connectivity index (χ2n) is 6.08. The Balaban J connectivity index is 2.11. The van der Waals surface area contributed by atoms with Gasteiger partial charge in [0.25, 0.3) is 5.91 Å². The molecule has 0 radical (unpaired) electrons. The molecule has 1 aromatic rings. The molecule has 0 unspecified atom stereocenters. The number of carboxylic acids is 1. The molecule has 2 amide bonds. The molecule has 1 aliphatic rings. The lowest BCUT2D eigenvalue weighted by atomic mass is 10.0. The quantitative estimate of drug-likeness (QED) is 0.833. The lowest BCUT2D eigenvalue weighted by Crippen LogP contribution is -2.57. The molecule has 6 nitrogen and oxygen atoms in total. The number of carbonyl (C=O) groups excluding carboxylic acids is 2. The minimum Gasteiger partial charge on any atom is -0.480 e. The molecule has 2 rings (SSSR count). The Morgan fingerprint density at radius 1 is 1.26 bits per heavy atom. The highest BCUT2D eigenvalue weighted by atomic mass is 79.9. The van der Waals surface area contributed by atoms with Gasteiger partial charge in [-0.15, -0.1) is 0 Å². The summed E-state index contributed by atoms with van der Waals surface area (Å²) in [4.78, 5) is 37.5. The van der Waals surface area contributed by atoms with E-state index in [9.17, 15) is 19.5 Å². The van der Waals surface area contributed by atoms with Crippen LogP contribution in [0.5, 0.6) is 0 Å². The van der Waals surface area contributed by atoms with Crippen LogP contribution in [0.1, 0.15) is 37.0 Å². The average molecular weight is 383 g/mol. The molecule has 2 N–H and O–H groups in total. The molecule has 0 saturated carbocycles. The highest BCUT2D eigenvalue weighted by Crippen LogP contribution is 2.22. The van der Waals surface area contributed by atoms with Crippen LogP contribution in [0.15, 0.2) is 28.7 Å². The Labute approximate surface area is 143 Å². The van der Waals surface area contributed by atoms with Crippen molar-refractivity contribution >= 4 is 33.7 Å². The van der Waals surface area contributed by atoms with Crippen molar-refractivity contribution in [1.82, 2.24) is 10.2 Å². The molecule has 1 saturated heterocycles. The SMILES string of the molecule is CC(C)(NC(=O)c1ccc(Br)cc1)C(=O)N1CCC[C@H]1C(=O)O. The predicted molar refractivity (Wildman–Crippen MR) is 88.1 cm³/mol. The fourth-order valence-corrected chi connectivity index (χ4v) is 2.90. The van der Waals surface area contributed by atoms with Gasteiger partial charge in [0.15, 0.2) is 0 Å². The zero-order valence-corrected chi connectivity index (χ0v) is 14.6. The van der Waals surface area contributed by atoms with Crippen LogP contribution >= 0.6 is 15.9 Å². The number of likely N-dealkylation sites (tertiary alicyclic amines) is 1. The van der Waals surface area contributed by atoms with Crippen molar-refractivity contribution in [2.75, 3.05) is 6.54 Å². The van der Waals surface area contributed by atoms with E-state index >= 15 is 0 Å². The highest BCUT2D eigenvalue weighted by molar-refractivity contribution is 9.10. The van der Waals surface area contributed by atoms with Gasteiger partial charge in [-0.25, -0.2) is 4.79 Å². The Hall–Kier alpha value is -1.89. The van der Waals surface area contributed by atoms with Crippen molar-refractivity contribution in [3.63, 3.8) is 0 Å². The van der Waals surface area contributed by atoms with Crippen molar-refractivity contribution in [2.45, 2.75) is 38.3 Å². The van der Waals surface area contributed by atoms with Gasteiger partial charge < -0.3 is 15.3 Å². The zero-order valence-electron chi connectivity index (χ0n) is 13.0. The summed E-state index contributed by atoms with van der Waals surface area (Å²) in [5.41, 5.74) is -0.743. The van der Waals surface area contributed by atoms with Crippen molar-refractivity contribution in [1.29, 1.82) is 0 Å². The number of carboxylic acid groups (broad SMARTS) is 1. The second-order valence-corrected chi connectivity index (χ2v) is 7.00. The van der Waals surface area contributed by atoms with Crippen molar-refractivity contribution < 1.29 is 19.5 Å². The molecule has 1 aliphatic heterocycles. The molecule has 1 atom stereocenters. The molecule has 0 bridgehead atoms. The minimum absolute atomic E-state index is 0.373. The Morgan fingerprint density at radius 3 is 2.43 bits per heavy atom. The number of hydrogen-bond acceptors (Lipinski definition) is 3. The molecule has 7 heteroatoms. The number of hydrogen-bond donors (Lipinski definition) is 2.